The molecule has 0 aromatic heterocycles. The summed E-state index contributed by atoms with van der Waals surface area (Å²) in [5.74, 6) is 0. The van der Waals surface area contributed by atoms with E-state index in [1.807, 2.05) is 121 Å². The van der Waals surface area contributed by atoms with Crippen molar-refractivity contribution in [1.82, 2.24) is 4.90 Å². The van der Waals surface area contributed by atoms with Crippen LogP contribution in [0, 0.1) is 0 Å². The molecular weight excluding hydrogens is 518 g/mol. The van der Waals surface area contributed by atoms with Crippen molar-refractivity contribution in [1.29, 1.82) is 0 Å². The summed E-state index contributed by atoms with van der Waals surface area (Å²) in [7, 11) is 0. The Kier molecular flexibility index (Phi) is 10.1. The number of rotatable bonds is 12. The first-order valence-corrected chi connectivity index (χ1v) is 13.8. The number of ether oxygens (including phenoxy) is 4. The lowest BCUT2D eigenvalue weighted by atomic mass is 10.1. The van der Waals surface area contributed by atoms with Crippen LogP contribution in [0.2, 0.25) is 0 Å². The average molecular weight is 554 g/mol. The molecule has 3 unspecified atom stereocenters. The van der Waals surface area contributed by atoms with Gasteiger partial charge in [-0.25, -0.2) is 4.79 Å². The van der Waals surface area contributed by atoms with Gasteiger partial charge in [-0.3, -0.25) is 4.90 Å². The molecule has 4 aromatic rings. The van der Waals surface area contributed by atoms with Gasteiger partial charge in [-0.1, -0.05) is 121 Å². The molecule has 1 heterocycles. The Bertz CT molecular complexity index is 1280. The van der Waals surface area contributed by atoms with Gasteiger partial charge in [0.05, 0.1) is 26.4 Å². The molecule has 0 aliphatic carbocycles. The summed E-state index contributed by atoms with van der Waals surface area (Å²) < 4.78 is 24.4. The van der Waals surface area contributed by atoms with Crippen LogP contribution < -0.4 is 0 Å². The highest BCUT2D eigenvalue weighted by Crippen LogP contribution is 2.29. The van der Waals surface area contributed by atoms with Gasteiger partial charge in [0.2, 0.25) is 0 Å². The lowest BCUT2D eigenvalue weighted by Crippen LogP contribution is -2.50. The van der Waals surface area contributed by atoms with Gasteiger partial charge in [0.25, 0.3) is 0 Å². The van der Waals surface area contributed by atoms with E-state index in [9.17, 15) is 9.90 Å². The second-order valence-electron chi connectivity index (χ2n) is 9.97. The fourth-order valence-electron chi connectivity index (χ4n) is 4.81. The van der Waals surface area contributed by atoms with E-state index < -0.39 is 30.6 Å². The van der Waals surface area contributed by atoms with Crippen LogP contribution in [0.15, 0.2) is 121 Å². The van der Waals surface area contributed by atoms with Crippen molar-refractivity contribution in [2.75, 3.05) is 6.54 Å². The smallest absolute Gasteiger partial charge is 0.410 e. The van der Waals surface area contributed by atoms with Crippen molar-refractivity contribution < 1.29 is 28.8 Å². The van der Waals surface area contributed by atoms with Crippen LogP contribution in [0.5, 0.6) is 0 Å². The van der Waals surface area contributed by atoms with Gasteiger partial charge in [0, 0.05) is 0 Å². The topological polar surface area (TPSA) is 77.5 Å². The Morgan fingerprint density at radius 1 is 0.659 bits per heavy atom. The minimum absolute atomic E-state index is 0.106. The molecule has 7 nitrogen and oxygen atoms in total. The van der Waals surface area contributed by atoms with Crippen LogP contribution in [0.25, 0.3) is 0 Å². The molecule has 0 bridgehead atoms. The predicted molar refractivity (Wildman–Crippen MR) is 154 cm³/mol. The molecule has 0 spiro atoms. The summed E-state index contributed by atoms with van der Waals surface area (Å²) in [6, 6.07) is 37.8. The maximum absolute atomic E-state index is 13.5. The first-order chi connectivity index (χ1) is 20.2. The van der Waals surface area contributed by atoms with E-state index in [0.29, 0.717) is 6.61 Å². The summed E-state index contributed by atoms with van der Waals surface area (Å²) >= 11 is 0. The van der Waals surface area contributed by atoms with Gasteiger partial charge in [-0.05, 0) is 22.3 Å². The quantitative estimate of drug-likeness (QED) is 0.226. The highest BCUT2D eigenvalue weighted by Gasteiger charge is 2.49. The van der Waals surface area contributed by atoms with E-state index in [-0.39, 0.29) is 26.4 Å². The summed E-state index contributed by atoms with van der Waals surface area (Å²) in [5, 5.41) is 11.6. The van der Waals surface area contributed by atoms with E-state index in [0.717, 1.165) is 22.3 Å². The predicted octanol–water partition coefficient (Wildman–Crippen LogP) is 5.71. The van der Waals surface area contributed by atoms with Gasteiger partial charge in [-0.2, -0.15) is 0 Å². The van der Waals surface area contributed by atoms with Crippen molar-refractivity contribution >= 4 is 6.09 Å². The van der Waals surface area contributed by atoms with Gasteiger partial charge >= 0.3 is 6.09 Å². The number of nitrogens with zero attached hydrogens (tertiary/aromatic N) is 1. The Hall–Kier alpha value is -4.01. The van der Waals surface area contributed by atoms with E-state index in [1.165, 1.54) is 4.90 Å². The second kappa shape index (κ2) is 14.6. The molecule has 1 saturated heterocycles. The lowest BCUT2D eigenvalue weighted by Gasteiger charge is -2.32. The number of aliphatic hydroxyl groups excluding tert-OH is 1. The average Bonchev–Trinajstić information content (AvgIpc) is 3.36. The molecule has 0 saturated carbocycles. The zero-order valence-electron chi connectivity index (χ0n) is 22.8. The van der Waals surface area contributed by atoms with E-state index >= 15 is 0 Å². The second-order valence-corrected chi connectivity index (χ2v) is 9.97. The number of carbonyl (C=O) groups is 1. The summed E-state index contributed by atoms with van der Waals surface area (Å²) in [6.45, 7) is 1.02. The third kappa shape index (κ3) is 8.02. The normalized spacial score (nSPS) is 18.5. The van der Waals surface area contributed by atoms with Gasteiger partial charge in [0.15, 0.2) is 6.29 Å². The number of carbonyl (C=O) groups excluding carboxylic acids is 1. The highest BCUT2D eigenvalue weighted by molar-refractivity contribution is 5.69. The van der Waals surface area contributed by atoms with Gasteiger partial charge in [-0.15, -0.1) is 0 Å². The molecule has 1 fully saturated rings. The fraction of sp³-hybridized carbons (Fsp3) is 0.265. The first kappa shape index (κ1) is 28.5. The van der Waals surface area contributed by atoms with Crippen molar-refractivity contribution in [3.05, 3.63) is 144 Å². The molecule has 5 rings (SSSR count). The third-order valence-corrected chi connectivity index (χ3v) is 7.01. The van der Waals surface area contributed by atoms with Crippen LogP contribution in [0.1, 0.15) is 22.3 Å². The van der Waals surface area contributed by atoms with E-state index in [1.54, 1.807) is 0 Å². The first-order valence-electron chi connectivity index (χ1n) is 13.8. The monoisotopic (exact) mass is 553 g/mol. The molecule has 3 atom stereocenters. The molecule has 212 valence electrons. The van der Waals surface area contributed by atoms with Gasteiger partial charge < -0.3 is 24.1 Å². The number of likely N-dealkylation sites (tertiary alicyclic amines) is 1. The molecule has 4 aromatic carbocycles. The molecule has 1 N–H and O–H groups in total. The van der Waals surface area contributed by atoms with Crippen molar-refractivity contribution in [3.8, 4) is 0 Å². The van der Waals surface area contributed by atoms with Crippen molar-refractivity contribution in [3.63, 3.8) is 0 Å². The summed E-state index contributed by atoms with van der Waals surface area (Å²) in [6.07, 6.45) is -3.24. The van der Waals surface area contributed by atoms with Crippen LogP contribution >= 0.6 is 0 Å². The van der Waals surface area contributed by atoms with Crippen molar-refractivity contribution in [2.24, 2.45) is 0 Å². The molecule has 1 amide bonds. The maximum Gasteiger partial charge on any atom is 0.410 e. The molecule has 41 heavy (non-hydrogen) atoms. The number of hydrogen-bond acceptors (Lipinski definition) is 6. The SMILES string of the molecule is O=C(OCc1ccccc1)N1CC(OCc2ccccc2)C(O)C1C(OCc1ccccc1)OCc1ccccc1. The molecule has 7 heteroatoms. The van der Waals surface area contributed by atoms with Crippen LogP contribution in [0.4, 0.5) is 4.79 Å². The molecule has 1 aliphatic rings. The summed E-state index contributed by atoms with van der Waals surface area (Å²) in [5.41, 5.74) is 3.73. The zero-order valence-corrected chi connectivity index (χ0v) is 22.8. The zero-order chi connectivity index (χ0) is 28.3. The maximum atomic E-state index is 13.5. The summed E-state index contributed by atoms with van der Waals surface area (Å²) in [4.78, 5) is 14.9. The molecule has 0 radical (unpaired) electrons. The number of amides is 1. The van der Waals surface area contributed by atoms with Gasteiger partial charge in [0.1, 0.15) is 24.9 Å². The Labute approximate surface area is 240 Å². The number of aliphatic hydroxyl groups is 1. The van der Waals surface area contributed by atoms with Crippen LogP contribution in [0.3, 0.4) is 0 Å². The third-order valence-electron chi connectivity index (χ3n) is 7.01. The molecule has 1 aliphatic heterocycles. The van der Waals surface area contributed by atoms with E-state index in [4.69, 9.17) is 18.9 Å². The fourth-order valence-corrected chi connectivity index (χ4v) is 4.81. The number of hydrogen-bond donors (Lipinski definition) is 1. The van der Waals surface area contributed by atoms with E-state index in [2.05, 4.69) is 0 Å². The Morgan fingerprint density at radius 3 is 1.54 bits per heavy atom. The minimum atomic E-state index is -1.07. The number of benzene rings is 4. The van der Waals surface area contributed by atoms with Crippen LogP contribution in [-0.2, 0) is 45.4 Å². The Morgan fingerprint density at radius 2 is 1.07 bits per heavy atom. The Balaban J connectivity index is 1.36. The van der Waals surface area contributed by atoms with Crippen molar-refractivity contribution in [2.45, 2.75) is 51.0 Å². The lowest BCUT2D eigenvalue weighted by molar-refractivity contribution is -0.199. The van der Waals surface area contributed by atoms with Crippen LogP contribution in [-0.4, -0.2) is 47.2 Å². The minimum Gasteiger partial charge on any atom is -0.445 e. The molecular formula is C34H35NO6. The largest absolute Gasteiger partial charge is 0.445 e. The standard InChI is InChI=1S/C34H35NO6/c36-32-30(38-22-26-13-5-1-6-14-26)21-35(34(37)41-25-29-19-11-4-12-20-29)31(32)33(39-23-27-15-7-2-8-16-27)40-24-28-17-9-3-10-18-28/h1-20,30-33,36H,21-25H2. The highest BCUT2D eigenvalue weighted by atomic mass is 16.7.